The number of rotatable bonds is 3. The highest BCUT2D eigenvalue weighted by Crippen LogP contribution is 2.12. The van der Waals surface area contributed by atoms with Gasteiger partial charge in [-0.15, -0.1) is 0 Å². The Balaban J connectivity index is 2.04. The number of benzene rings is 1. The average Bonchev–Trinajstić information content (AvgIpc) is 2.40. The van der Waals surface area contributed by atoms with Crippen molar-refractivity contribution < 1.29 is 9.18 Å². The number of halogens is 2. The molecule has 1 aromatic heterocycles. The van der Waals surface area contributed by atoms with E-state index in [1.807, 2.05) is 0 Å². The van der Waals surface area contributed by atoms with Crippen molar-refractivity contribution in [2.45, 2.75) is 13.5 Å². The zero-order chi connectivity index (χ0) is 13.8. The molecule has 0 fully saturated rings. The van der Waals surface area contributed by atoms with E-state index in [4.69, 9.17) is 11.6 Å². The lowest BCUT2D eigenvalue weighted by molar-refractivity contribution is 0.0950. The van der Waals surface area contributed by atoms with E-state index >= 15 is 0 Å². The second kappa shape index (κ2) is 5.80. The van der Waals surface area contributed by atoms with Crippen LogP contribution in [-0.2, 0) is 6.54 Å². The van der Waals surface area contributed by atoms with Crippen LogP contribution >= 0.6 is 11.6 Å². The summed E-state index contributed by atoms with van der Waals surface area (Å²) in [4.78, 5) is 15.7. The Labute approximate surface area is 115 Å². The van der Waals surface area contributed by atoms with Crippen molar-refractivity contribution in [3.63, 3.8) is 0 Å². The van der Waals surface area contributed by atoms with E-state index in [1.165, 1.54) is 12.3 Å². The highest BCUT2D eigenvalue weighted by molar-refractivity contribution is 6.32. The molecule has 0 atom stereocenters. The van der Waals surface area contributed by atoms with E-state index in [0.29, 0.717) is 16.7 Å². The summed E-state index contributed by atoms with van der Waals surface area (Å²) < 4.78 is 13.3. The third-order valence-corrected chi connectivity index (χ3v) is 2.99. The van der Waals surface area contributed by atoms with Crippen molar-refractivity contribution in [3.05, 3.63) is 64.2 Å². The van der Waals surface area contributed by atoms with Crippen LogP contribution in [0.3, 0.4) is 0 Å². The van der Waals surface area contributed by atoms with Crippen molar-refractivity contribution in [3.8, 4) is 0 Å². The van der Waals surface area contributed by atoms with Gasteiger partial charge in [0.15, 0.2) is 0 Å². The minimum atomic E-state index is -0.334. The predicted octanol–water partition coefficient (Wildman–Crippen LogP) is 3.11. The van der Waals surface area contributed by atoms with Crippen LogP contribution < -0.4 is 5.32 Å². The maximum Gasteiger partial charge on any atom is 0.254 e. The standard InChI is InChI=1S/C14H12ClFN2O/c1-9-4-5-10(7-12(9)16)8-18-14(19)11-3-2-6-17-13(11)15/h2-7H,8H2,1H3,(H,18,19). The zero-order valence-corrected chi connectivity index (χ0v) is 11.0. The first-order valence-corrected chi connectivity index (χ1v) is 6.09. The Bertz CT molecular complexity index is 616. The number of amides is 1. The Hall–Kier alpha value is -1.94. The van der Waals surface area contributed by atoms with Gasteiger partial charge in [-0.25, -0.2) is 9.37 Å². The number of pyridine rings is 1. The van der Waals surface area contributed by atoms with Crippen molar-refractivity contribution in [2.24, 2.45) is 0 Å². The van der Waals surface area contributed by atoms with E-state index in [0.717, 1.165) is 0 Å². The average molecular weight is 279 g/mol. The van der Waals surface area contributed by atoms with Crippen LogP contribution in [0, 0.1) is 12.7 Å². The second-order valence-electron chi connectivity index (χ2n) is 4.11. The summed E-state index contributed by atoms with van der Waals surface area (Å²) in [6.45, 7) is 1.92. The number of hydrogen-bond acceptors (Lipinski definition) is 2. The molecule has 3 nitrogen and oxygen atoms in total. The first kappa shape index (κ1) is 13.5. The van der Waals surface area contributed by atoms with Crippen LogP contribution in [0.2, 0.25) is 5.15 Å². The number of nitrogens with zero attached hydrogens (tertiary/aromatic N) is 1. The number of aryl methyl sites for hydroxylation is 1. The van der Waals surface area contributed by atoms with E-state index in [2.05, 4.69) is 10.3 Å². The smallest absolute Gasteiger partial charge is 0.254 e. The molecule has 0 saturated heterocycles. The van der Waals surface area contributed by atoms with E-state index in [9.17, 15) is 9.18 Å². The molecule has 19 heavy (non-hydrogen) atoms. The summed E-state index contributed by atoms with van der Waals surface area (Å²) in [7, 11) is 0. The van der Waals surface area contributed by atoms with Gasteiger partial charge < -0.3 is 5.32 Å². The van der Waals surface area contributed by atoms with Gasteiger partial charge in [-0.1, -0.05) is 23.7 Å². The molecule has 0 saturated carbocycles. The molecule has 1 amide bonds. The SMILES string of the molecule is Cc1ccc(CNC(=O)c2cccnc2Cl)cc1F. The van der Waals surface area contributed by atoms with E-state index in [-0.39, 0.29) is 23.4 Å². The predicted molar refractivity (Wildman–Crippen MR) is 71.6 cm³/mol. The highest BCUT2D eigenvalue weighted by Gasteiger charge is 2.10. The summed E-state index contributed by atoms with van der Waals surface area (Å²) >= 11 is 5.81. The molecular weight excluding hydrogens is 267 g/mol. The second-order valence-corrected chi connectivity index (χ2v) is 4.47. The molecule has 1 N–H and O–H groups in total. The largest absolute Gasteiger partial charge is 0.348 e. The topological polar surface area (TPSA) is 42.0 Å². The minimum absolute atomic E-state index is 0.148. The van der Waals surface area contributed by atoms with Crippen LogP contribution in [0.25, 0.3) is 0 Å². The third kappa shape index (κ3) is 3.29. The summed E-state index contributed by atoms with van der Waals surface area (Å²) in [5.41, 5.74) is 1.57. The molecule has 0 aliphatic heterocycles. The Kier molecular flexibility index (Phi) is 4.12. The molecule has 1 heterocycles. The molecule has 0 radical (unpaired) electrons. The van der Waals surface area contributed by atoms with Crippen molar-refractivity contribution >= 4 is 17.5 Å². The summed E-state index contributed by atoms with van der Waals surface area (Å²) in [5.74, 6) is -0.620. The van der Waals surface area contributed by atoms with E-state index < -0.39 is 0 Å². The summed E-state index contributed by atoms with van der Waals surface area (Å²) in [6.07, 6.45) is 1.51. The molecule has 5 heteroatoms. The summed E-state index contributed by atoms with van der Waals surface area (Å²) in [5, 5.41) is 2.82. The Morgan fingerprint density at radius 2 is 2.21 bits per heavy atom. The molecule has 98 valence electrons. The summed E-state index contributed by atoms with van der Waals surface area (Å²) in [6, 6.07) is 8.06. The highest BCUT2D eigenvalue weighted by atomic mass is 35.5. The molecular formula is C14H12ClFN2O. The number of carbonyl (C=O) groups is 1. The number of nitrogens with one attached hydrogen (secondary N) is 1. The van der Waals surface area contributed by atoms with Gasteiger partial charge in [0.1, 0.15) is 11.0 Å². The monoisotopic (exact) mass is 278 g/mol. The Morgan fingerprint density at radius 1 is 1.42 bits per heavy atom. The Morgan fingerprint density at radius 3 is 2.89 bits per heavy atom. The fourth-order valence-electron chi connectivity index (χ4n) is 1.58. The zero-order valence-electron chi connectivity index (χ0n) is 10.3. The quantitative estimate of drug-likeness (QED) is 0.877. The minimum Gasteiger partial charge on any atom is -0.348 e. The lowest BCUT2D eigenvalue weighted by atomic mass is 10.1. The molecule has 2 aromatic rings. The van der Waals surface area contributed by atoms with Gasteiger partial charge in [-0.3, -0.25) is 4.79 Å². The van der Waals surface area contributed by atoms with Crippen molar-refractivity contribution in [1.29, 1.82) is 0 Å². The molecule has 0 bridgehead atoms. The molecule has 2 rings (SSSR count). The van der Waals surface area contributed by atoms with E-state index in [1.54, 1.807) is 31.2 Å². The number of carbonyl (C=O) groups excluding carboxylic acids is 1. The molecule has 0 aliphatic rings. The van der Waals surface area contributed by atoms with Gasteiger partial charge >= 0.3 is 0 Å². The van der Waals surface area contributed by atoms with Crippen LogP contribution in [0.5, 0.6) is 0 Å². The maximum atomic E-state index is 13.3. The lowest BCUT2D eigenvalue weighted by Gasteiger charge is -2.07. The van der Waals surface area contributed by atoms with Crippen LogP contribution in [0.1, 0.15) is 21.5 Å². The van der Waals surface area contributed by atoms with Gasteiger partial charge in [-0.05, 0) is 36.2 Å². The first-order valence-electron chi connectivity index (χ1n) is 5.71. The van der Waals surface area contributed by atoms with Gasteiger partial charge in [0.25, 0.3) is 5.91 Å². The van der Waals surface area contributed by atoms with Crippen LogP contribution in [-0.4, -0.2) is 10.9 Å². The fraction of sp³-hybridized carbons (Fsp3) is 0.143. The fourth-order valence-corrected chi connectivity index (χ4v) is 1.78. The van der Waals surface area contributed by atoms with Crippen LogP contribution in [0.4, 0.5) is 4.39 Å². The first-order chi connectivity index (χ1) is 9.08. The van der Waals surface area contributed by atoms with Gasteiger partial charge in [0.05, 0.1) is 5.56 Å². The maximum absolute atomic E-state index is 13.3. The third-order valence-electron chi connectivity index (χ3n) is 2.69. The van der Waals surface area contributed by atoms with Gasteiger partial charge in [-0.2, -0.15) is 0 Å². The molecule has 0 unspecified atom stereocenters. The normalized spacial score (nSPS) is 10.3. The van der Waals surface area contributed by atoms with Crippen molar-refractivity contribution in [1.82, 2.24) is 10.3 Å². The number of hydrogen-bond donors (Lipinski definition) is 1. The van der Waals surface area contributed by atoms with Gasteiger partial charge in [0.2, 0.25) is 0 Å². The molecule has 0 aliphatic carbocycles. The van der Waals surface area contributed by atoms with Crippen molar-refractivity contribution in [2.75, 3.05) is 0 Å². The molecule has 1 aromatic carbocycles. The van der Waals surface area contributed by atoms with Crippen LogP contribution in [0.15, 0.2) is 36.5 Å². The van der Waals surface area contributed by atoms with Gasteiger partial charge in [0, 0.05) is 12.7 Å². The lowest BCUT2D eigenvalue weighted by Crippen LogP contribution is -2.23. The molecule has 0 spiro atoms. The number of aromatic nitrogens is 1.